The first-order valence-electron chi connectivity index (χ1n) is 8.67. The number of carbonyl (C=O) groups excluding carboxylic acids is 1. The number of amides is 1. The van der Waals surface area contributed by atoms with Crippen LogP contribution in [0.15, 0.2) is 36.4 Å². The molecule has 2 heterocycles. The van der Waals surface area contributed by atoms with Crippen molar-refractivity contribution in [3.8, 4) is 0 Å². The molecule has 0 bridgehead atoms. The molecule has 5 heteroatoms. The number of hydrogen-bond acceptors (Lipinski definition) is 4. The topological polar surface area (TPSA) is 51.2 Å². The van der Waals surface area contributed by atoms with Crippen molar-refractivity contribution in [2.45, 2.75) is 25.2 Å². The molecule has 2 aromatic rings. The molecule has 2 aliphatic rings. The van der Waals surface area contributed by atoms with E-state index in [2.05, 4.69) is 23.5 Å². The number of hydrogen-bond donors (Lipinski definition) is 1. The number of thiazole rings is 1. The molecule has 24 heavy (non-hydrogen) atoms. The van der Waals surface area contributed by atoms with Crippen LogP contribution in [0.5, 0.6) is 0 Å². The number of ether oxygens (including phenoxy) is 1. The van der Waals surface area contributed by atoms with Crippen molar-refractivity contribution in [1.29, 1.82) is 0 Å². The highest BCUT2D eigenvalue weighted by molar-refractivity contribution is 7.18. The predicted molar refractivity (Wildman–Crippen MR) is 96.2 cm³/mol. The molecule has 4 rings (SSSR count). The van der Waals surface area contributed by atoms with Gasteiger partial charge in [-0.15, -0.1) is 11.3 Å². The molecule has 0 radical (unpaired) electrons. The largest absolute Gasteiger partial charge is 0.381 e. The smallest absolute Gasteiger partial charge is 0.224 e. The molecule has 126 valence electrons. The molecule has 1 aliphatic heterocycles. The Morgan fingerprint density at radius 1 is 1.29 bits per heavy atom. The Hall–Kier alpha value is -1.72. The van der Waals surface area contributed by atoms with E-state index >= 15 is 0 Å². The zero-order valence-electron chi connectivity index (χ0n) is 13.6. The second kappa shape index (κ2) is 7.03. The molecule has 1 aromatic heterocycles. The van der Waals surface area contributed by atoms with Gasteiger partial charge in [0.05, 0.1) is 27.7 Å². The Morgan fingerprint density at radius 3 is 3.00 bits per heavy atom. The van der Waals surface area contributed by atoms with Gasteiger partial charge in [-0.25, -0.2) is 4.98 Å². The maximum Gasteiger partial charge on any atom is 0.224 e. The minimum absolute atomic E-state index is 0.0158. The van der Waals surface area contributed by atoms with Gasteiger partial charge in [0.2, 0.25) is 5.91 Å². The Labute approximate surface area is 145 Å². The molecule has 1 N–H and O–H groups in total. The van der Waals surface area contributed by atoms with Crippen LogP contribution in [0.25, 0.3) is 10.2 Å². The lowest BCUT2D eigenvalue weighted by molar-refractivity contribution is -0.125. The van der Waals surface area contributed by atoms with E-state index in [0.29, 0.717) is 5.92 Å². The second-order valence-electron chi connectivity index (χ2n) is 6.65. The van der Waals surface area contributed by atoms with E-state index in [4.69, 9.17) is 9.72 Å². The summed E-state index contributed by atoms with van der Waals surface area (Å²) in [4.78, 5) is 17.5. The van der Waals surface area contributed by atoms with Crippen LogP contribution in [-0.2, 0) is 9.53 Å². The molecule has 3 atom stereocenters. The Kier molecular flexibility index (Phi) is 4.63. The van der Waals surface area contributed by atoms with Crippen molar-refractivity contribution in [3.63, 3.8) is 0 Å². The van der Waals surface area contributed by atoms with Gasteiger partial charge >= 0.3 is 0 Å². The lowest BCUT2D eigenvalue weighted by atomic mass is 9.82. The van der Waals surface area contributed by atoms with E-state index in [9.17, 15) is 4.79 Å². The van der Waals surface area contributed by atoms with E-state index in [0.717, 1.165) is 49.5 Å². The molecule has 4 nitrogen and oxygen atoms in total. The molecule has 0 unspecified atom stereocenters. The highest BCUT2D eigenvalue weighted by Gasteiger charge is 2.32. The van der Waals surface area contributed by atoms with Crippen LogP contribution < -0.4 is 5.32 Å². The maximum absolute atomic E-state index is 12.7. The standard InChI is InChI=1S/C19H22N2O2S/c22-18(20-11-13-9-10-23-12-13)14-5-1-2-6-15(14)19-21-16-7-3-4-8-17(16)24-19/h1-4,7-8,13-15H,5-6,9-12H2,(H,20,22)/t13-,14+,15-/m0/s1. The predicted octanol–water partition coefficient (Wildman–Crippen LogP) is 3.50. The Balaban J connectivity index is 1.49. The highest BCUT2D eigenvalue weighted by atomic mass is 32.1. The summed E-state index contributed by atoms with van der Waals surface area (Å²) >= 11 is 1.72. The van der Waals surface area contributed by atoms with E-state index in [1.54, 1.807) is 11.3 Å². The molecule has 1 saturated heterocycles. The summed E-state index contributed by atoms with van der Waals surface area (Å²) in [5, 5.41) is 4.24. The fourth-order valence-corrected chi connectivity index (χ4v) is 4.69. The first kappa shape index (κ1) is 15.8. The van der Waals surface area contributed by atoms with Crippen molar-refractivity contribution in [3.05, 3.63) is 41.4 Å². The zero-order chi connectivity index (χ0) is 16.4. The first-order chi connectivity index (χ1) is 11.8. The minimum atomic E-state index is -0.0158. The van der Waals surface area contributed by atoms with Gasteiger partial charge in [-0.1, -0.05) is 24.3 Å². The van der Waals surface area contributed by atoms with Gasteiger partial charge in [-0.05, 0) is 31.4 Å². The second-order valence-corrected chi connectivity index (χ2v) is 7.71. The summed E-state index contributed by atoms with van der Waals surface area (Å²) in [7, 11) is 0. The highest BCUT2D eigenvalue weighted by Crippen LogP contribution is 2.38. The van der Waals surface area contributed by atoms with E-state index in [1.807, 2.05) is 18.2 Å². The summed E-state index contributed by atoms with van der Waals surface area (Å²) in [5.41, 5.74) is 1.04. The number of carbonyl (C=O) groups is 1. The van der Waals surface area contributed by atoms with Crippen LogP contribution in [0.3, 0.4) is 0 Å². The quantitative estimate of drug-likeness (QED) is 0.865. The van der Waals surface area contributed by atoms with E-state index < -0.39 is 0 Å². The summed E-state index contributed by atoms with van der Waals surface area (Å²) in [5.74, 6) is 0.801. The number of benzene rings is 1. The SMILES string of the molecule is O=C(NC[C@@H]1CCOC1)[C@@H]1CC=CC[C@@H]1c1nc2ccccc2s1. The van der Waals surface area contributed by atoms with Crippen molar-refractivity contribution in [2.24, 2.45) is 11.8 Å². The molecule has 0 spiro atoms. The average molecular weight is 342 g/mol. The fourth-order valence-electron chi connectivity index (χ4n) is 3.55. The van der Waals surface area contributed by atoms with Crippen LogP contribution in [-0.4, -0.2) is 30.6 Å². The van der Waals surface area contributed by atoms with Crippen molar-refractivity contribution in [1.82, 2.24) is 10.3 Å². The minimum Gasteiger partial charge on any atom is -0.381 e. The number of nitrogens with zero attached hydrogens (tertiary/aromatic N) is 1. The van der Waals surface area contributed by atoms with Gasteiger partial charge in [0, 0.05) is 25.0 Å². The first-order valence-corrected chi connectivity index (χ1v) is 9.49. The molecule has 1 amide bonds. The summed E-state index contributed by atoms with van der Waals surface area (Å²) in [6.07, 6.45) is 7.06. The van der Waals surface area contributed by atoms with Gasteiger partial charge < -0.3 is 10.1 Å². The number of aromatic nitrogens is 1. The Bertz CT molecular complexity index is 716. The van der Waals surface area contributed by atoms with Crippen molar-refractivity contribution < 1.29 is 9.53 Å². The van der Waals surface area contributed by atoms with Crippen molar-refractivity contribution >= 4 is 27.5 Å². The van der Waals surface area contributed by atoms with Gasteiger partial charge in [0.15, 0.2) is 0 Å². The third-order valence-electron chi connectivity index (χ3n) is 4.99. The molecular formula is C19H22N2O2S. The normalized spacial score (nSPS) is 26.8. The third kappa shape index (κ3) is 3.23. The molecule has 1 fully saturated rings. The molecule has 1 aromatic carbocycles. The van der Waals surface area contributed by atoms with Gasteiger partial charge in [0.1, 0.15) is 0 Å². The third-order valence-corrected chi connectivity index (χ3v) is 6.15. The molecule has 1 aliphatic carbocycles. The summed E-state index contributed by atoms with van der Waals surface area (Å²) in [6.45, 7) is 2.32. The van der Waals surface area contributed by atoms with Crippen LogP contribution in [0.2, 0.25) is 0 Å². The monoisotopic (exact) mass is 342 g/mol. The molecule has 0 saturated carbocycles. The number of nitrogens with one attached hydrogen (secondary N) is 1. The summed E-state index contributed by atoms with van der Waals surface area (Å²) in [6, 6.07) is 8.20. The molecular weight excluding hydrogens is 320 g/mol. The average Bonchev–Trinajstić information content (AvgIpc) is 3.29. The number of allylic oxidation sites excluding steroid dienone is 2. The number of rotatable bonds is 4. The van der Waals surface area contributed by atoms with Gasteiger partial charge in [-0.2, -0.15) is 0 Å². The van der Waals surface area contributed by atoms with Crippen molar-refractivity contribution in [2.75, 3.05) is 19.8 Å². The number of para-hydroxylation sites is 1. The van der Waals surface area contributed by atoms with Crippen LogP contribution in [0, 0.1) is 11.8 Å². The summed E-state index contributed by atoms with van der Waals surface area (Å²) < 4.78 is 6.59. The lowest BCUT2D eigenvalue weighted by Gasteiger charge is -2.26. The lowest BCUT2D eigenvalue weighted by Crippen LogP contribution is -2.37. The zero-order valence-corrected chi connectivity index (χ0v) is 14.4. The van der Waals surface area contributed by atoms with Gasteiger partial charge in [0.25, 0.3) is 0 Å². The van der Waals surface area contributed by atoms with E-state index in [1.165, 1.54) is 4.70 Å². The van der Waals surface area contributed by atoms with Gasteiger partial charge in [-0.3, -0.25) is 4.79 Å². The maximum atomic E-state index is 12.7. The van der Waals surface area contributed by atoms with Crippen LogP contribution in [0.4, 0.5) is 0 Å². The fraction of sp³-hybridized carbons (Fsp3) is 0.474. The Morgan fingerprint density at radius 2 is 2.17 bits per heavy atom. The van der Waals surface area contributed by atoms with Crippen LogP contribution in [0.1, 0.15) is 30.2 Å². The number of fused-ring (bicyclic) bond motifs is 1. The van der Waals surface area contributed by atoms with E-state index in [-0.39, 0.29) is 17.7 Å². The van der Waals surface area contributed by atoms with Crippen LogP contribution >= 0.6 is 11.3 Å².